The maximum Gasteiger partial charge on any atom is 0.224 e. The molecular weight excluding hydrogens is 310 g/mol. The number of rotatable bonds is 6. The zero-order chi connectivity index (χ0) is 14.4. The number of carbonyl (C=O) groups is 1. The van der Waals surface area contributed by atoms with E-state index in [0.717, 1.165) is 22.7 Å². The fraction of sp³-hybridized carbons (Fsp3) is 0.583. The highest BCUT2D eigenvalue weighted by molar-refractivity contribution is 9.10. The van der Waals surface area contributed by atoms with Crippen LogP contribution >= 0.6 is 15.9 Å². The maximum atomic E-state index is 11.5. The average Bonchev–Trinajstić information content (AvgIpc) is 2.40. The van der Waals surface area contributed by atoms with Crippen LogP contribution in [0.25, 0.3) is 0 Å². The largest absolute Gasteiger partial charge is 0.369 e. The van der Waals surface area contributed by atoms with Gasteiger partial charge in [0, 0.05) is 27.2 Å². The molecule has 2 N–H and O–H groups in total. The van der Waals surface area contributed by atoms with Gasteiger partial charge in [0.15, 0.2) is 0 Å². The first-order valence-electron chi connectivity index (χ1n) is 6.18. The molecule has 106 valence electrons. The van der Waals surface area contributed by atoms with E-state index in [-0.39, 0.29) is 11.8 Å². The topological polar surface area (TPSA) is 70.2 Å². The Bertz CT molecular complexity index is 440. The van der Waals surface area contributed by atoms with E-state index in [9.17, 15) is 4.79 Å². The molecule has 6 nitrogen and oxygen atoms in total. The smallest absolute Gasteiger partial charge is 0.224 e. The summed E-state index contributed by atoms with van der Waals surface area (Å²) in [6.45, 7) is 5.26. The van der Waals surface area contributed by atoms with Crippen molar-refractivity contribution < 1.29 is 4.79 Å². The lowest BCUT2D eigenvalue weighted by atomic mass is 10.1. The van der Waals surface area contributed by atoms with E-state index in [1.165, 1.54) is 6.33 Å². The molecule has 0 radical (unpaired) electrons. The van der Waals surface area contributed by atoms with E-state index in [4.69, 9.17) is 0 Å². The predicted molar refractivity (Wildman–Crippen MR) is 80.4 cm³/mol. The van der Waals surface area contributed by atoms with Crippen molar-refractivity contribution in [3.05, 3.63) is 10.8 Å². The fourth-order valence-corrected chi connectivity index (χ4v) is 2.39. The second-order valence-electron chi connectivity index (χ2n) is 4.29. The van der Waals surface area contributed by atoms with E-state index >= 15 is 0 Å². The number of nitrogens with zero attached hydrogens (tertiary/aromatic N) is 3. The van der Waals surface area contributed by atoms with Crippen molar-refractivity contribution in [3.8, 4) is 0 Å². The number of halogens is 1. The summed E-state index contributed by atoms with van der Waals surface area (Å²) < 4.78 is 0.809. The first-order valence-corrected chi connectivity index (χ1v) is 6.97. The van der Waals surface area contributed by atoms with Gasteiger partial charge in [0.2, 0.25) is 5.91 Å². The quantitative estimate of drug-likeness (QED) is 0.827. The molecule has 0 aromatic carbocycles. The molecule has 7 heteroatoms. The molecule has 0 fully saturated rings. The van der Waals surface area contributed by atoms with E-state index in [1.54, 1.807) is 7.05 Å². The molecule has 0 aliphatic carbocycles. The summed E-state index contributed by atoms with van der Waals surface area (Å²) in [6.07, 6.45) is 1.51. The second-order valence-corrected chi connectivity index (χ2v) is 5.08. The van der Waals surface area contributed by atoms with Crippen LogP contribution in [0.1, 0.15) is 13.8 Å². The van der Waals surface area contributed by atoms with Gasteiger partial charge in [-0.3, -0.25) is 4.79 Å². The minimum Gasteiger partial charge on any atom is -0.369 e. The zero-order valence-electron chi connectivity index (χ0n) is 11.7. The summed E-state index contributed by atoms with van der Waals surface area (Å²) in [5.74, 6) is 1.43. The molecule has 0 aliphatic rings. The third kappa shape index (κ3) is 4.05. The highest BCUT2D eigenvalue weighted by Gasteiger charge is 2.17. The standard InChI is InChI=1S/C12H20BrN5O/c1-5-15-10-9(13)11(17-7-16-10)18(4)6-8(2)12(19)14-3/h7-8H,5-6H2,1-4H3,(H,14,19)(H,15,16,17). The van der Waals surface area contributed by atoms with Crippen molar-refractivity contribution in [2.24, 2.45) is 5.92 Å². The van der Waals surface area contributed by atoms with Crippen LogP contribution in [0.5, 0.6) is 0 Å². The van der Waals surface area contributed by atoms with Gasteiger partial charge in [-0.2, -0.15) is 0 Å². The molecule has 0 saturated carbocycles. The van der Waals surface area contributed by atoms with Gasteiger partial charge >= 0.3 is 0 Å². The SMILES string of the molecule is CCNc1ncnc(N(C)CC(C)C(=O)NC)c1Br. The Morgan fingerprint density at radius 2 is 2.21 bits per heavy atom. The Morgan fingerprint density at radius 3 is 2.79 bits per heavy atom. The van der Waals surface area contributed by atoms with Gasteiger partial charge in [0.25, 0.3) is 0 Å². The number of aromatic nitrogens is 2. The molecule has 1 unspecified atom stereocenters. The second kappa shape index (κ2) is 7.28. The molecule has 1 rings (SSSR count). The van der Waals surface area contributed by atoms with Crippen molar-refractivity contribution in [1.82, 2.24) is 15.3 Å². The molecule has 0 aliphatic heterocycles. The summed E-state index contributed by atoms with van der Waals surface area (Å²) >= 11 is 3.50. The number of nitrogens with one attached hydrogen (secondary N) is 2. The normalized spacial score (nSPS) is 11.8. The average molecular weight is 330 g/mol. The van der Waals surface area contributed by atoms with E-state index in [1.807, 2.05) is 25.8 Å². The summed E-state index contributed by atoms with van der Waals surface area (Å²) in [7, 11) is 3.55. The number of anilines is 2. The van der Waals surface area contributed by atoms with Crippen LogP contribution in [0.2, 0.25) is 0 Å². The lowest BCUT2D eigenvalue weighted by molar-refractivity contribution is -0.123. The van der Waals surface area contributed by atoms with Crippen molar-refractivity contribution >= 4 is 33.5 Å². The number of amides is 1. The lowest BCUT2D eigenvalue weighted by Crippen LogP contribution is -2.34. The fourth-order valence-electron chi connectivity index (χ4n) is 1.74. The first-order chi connectivity index (χ1) is 9.01. The van der Waals surface area contributed by atoms with Crippen LogP contribution in [0, 0.1) is 5.92 Å². The van der Waals surface area contributed by atoms with E-state index in [0.29, 0.717) is 6.54 Å². The molecule has 1 aromatic heterocycles. The monoisotopic (exact) mass is 329 g/mol. The minimum absolute atomic E-state index is 0.0175. The van der Waals surface area contributed by atoms with E-state index < -0.39 is 0 Å². The van der Waals surface area contributed by atoms with Crippen LogP contribution in [-0.4, -0.2) is 43.1 Å². The Kier molecular flexibility index (Phi) is 6.01. The van der Waals surface area contributed by atoms with Gasteiger partial charge in [-0.15, -0.1) is 0 Å². The lowest BCUT2D eigenvalue weighted by Gasteiger charge is -2.23. The number of carbonyl (C=O) groups excluding carboxylic acids is 1. The zero-order valence-corrected chi connectivity index (χ0v) is 13.3. The highest BCUT2D eigenvalue weighted by atomic mass is 79.9. The molecule has 0 saturated heterocycles. The third-order valence-corrected chi connectivity index (χ3v) is 3.45. The van der Waals surface area contributed by atoms with Gasteiger partial charge < -0.3 is 15.5 Å². The molecule has 1 amide bonds. The Morgan fingerprint density at radius 1 is 1.53 bits per heavy atom. The Balaban J connectivity index is 2.85. The molecule has 1 atom stereocenters. The summed E-state index contributed by atoms with van der Waals surface area (Å²) in [5, 5.41) is 5.80. The molecule has 0 bridgehead atoms. The first kappa shape index (κ1) is 15.7. The van der Waals surface area contributed by atoms with Crippen LogP contribution < -0.4 is 15.5 Å². The number of hydrogen-bond donors (Lipinski definition) is 2. The van der Waals surface area contributed by atoms with Crippen molar-refractivity contribution in [1.29, 1.82) is 0 Å². The van der Waals surface area contributed by atoms with Gasteiger partial charge in [-0.1, -0.05) is 6.92 Å². The molecule has 1 heterocycles. The van der Waals surface area contributed by atoms with Gasteiger partial charge in [-0.05, 0) is 22.9 Å². The predicted octanol–water partition coefficient (Wildman–Crippen LogP) is 1.49. The van der Waals surface area contributed by atoms with Gasteiger partial charge in [0.05, 0.1) is 5.92 Å². The van der Waals surface area contributed by atoms with Crippen molar-refractivity contribution in [2.75, 3.05) is 37.4 Å². The number of hydrogen-bond acceptors (Lipinski definition) is 5. The van der Waals surface area contributed by atoms with Crippen LogP contribution in [0.4, 0.5) is 11.6 Å². The Hall–Kier alpha value is -1.37. The van der Waals surface area contributed by atoms with Crippen LogP contribution in [-0.2, 0) is 4.79 Å². The van der Waals surface area contributed by atoms with E-state index in [2.05, 4.69) is 36.5 Å². The molecule has 19 heavy (non-hydrogen) atoms. The maximum absolute atomic E-state index is 11.5. The summed E-state index contributed by atoms with van der Waals surface area (Å²) in [6, 6.07) is 0. The highest BCUT2D eigenvalue weighted by Crippen LogP contribution is 2.28. The molecule has 0 spiro atoms. The van der Waals surface area contributed by atoms with Crippen LogP contribution in [0.15, 0.2) is 10.8 Å². The van der Waals surface area contributed by atoms with Gasteiger partial charge in [-0.25, -0.2) is 9.97 Å². The van der Waals surface area contributed by atoms with Crippen LogP contribution in [0.3, 0.4) is 0 Å². The third-order valence-electron chi connectivity index (χ3n) is 2.72. The minimum atomic E-state index is -0.112. The Labute approximate surface area is 122 Å². The molecular formula is C12H20BrN5O. The van der Waals surface area contributed by atoms with Crippen molar-refractivity contribution in [3.63, 3.8) is 0 Å². The molecule has 1 aromatic rings. The van der Waals surface area contributed by atoms with Crippen molar-refractivity contribution in [2.45, 2.75) is 13.8 Å². The van der Waals surface area contributed by atoms with Gasteiger partial charge in [0.1, 0.15) is 22.4 Å². The summed E-state index contributed by atoms with van der Waals surface area (Å²) in [5.41, 5.74) is 0. The summed E-state index contributed by atoms with van der Waals surface area (Å²) in [4.78, 5) is 21.9.